The second-order valence-corrected chi connectivity index (χ2v) is 6.88. The fraction of sp³-hybridized carbons (Fsp3) is 0.190. The van der Waals surface area contributed by atoms with Gasteiger partial charge in [0, 0.05) is 36.2 Å². The maximum absolute atomic E-state index is 12.2. The fourth-order valence-electron chi connectivity index (χ4n) is 3.51. The summed E-state index contributed by atoms with van der Waals surface area (Å²) in [6, 6.07) is 8.08. The zero-order chi connectivity index (χ0) is 23.4. The maximum Gasteiger partial charge on any atom is 0.340 e. The van der Waals surface area contributed by atoms with Crippen LogP contribution in [0.2, 0.25) is 0 Å². The van der Waals surface area contributed by atoms with Crippen LogP contribution in [0, 0.1) is 16.0 Å². The summed E-state index contributed by atoms with van der Waals surface area (Å²) in [5, 5.41) is 30.8. The van der Waals surface area contributed by atoms with E-state index in [1.165, 1.54) is 49.6 Å². The van der Waals surface area contributed by atoms with E-state index in [4.69, 9.17) is 4.74 Å². The molecule has 0 saturated heterocycles. The first kappa shape index (κ1) is 22.3. The number of nitrogens with zero attached hydrogens (tertiary/aromatic N) is 3. The van der Waals surface area contributed by atoms with Gasteiger partial charge in [-0.2, -0.15) is 0 Å². The average Bonchev–Trinajstić information content (AvgIpc) is 2.76. The number of hydrogen-bond donors (Lipinski definition) is 2. The summed E-state index contributed by atoms with van der Waals surface area (Å²) in [4.78, 5) is 54.8. The van der Waals surface area contributed by atoms with Crippen molar-refractivity contribution in [2.24, 2.45) is 10.9 Å². The van der Waals surface area contributed by atoms with Gasteiger partial charge < -0.3 is 14.9 Å². The van der Waals surface area contributed by atoms with Gasteiger partial charge in [-0.25, -0.2) is 9.59 Å². The Bertz CT molecular complexity index is 1160. The molecule has 1 aromatic carbocycles. The number of aromatic nitrogens is 1. The number of aliphatic imine (C=N–C) groups is 1. The quantitative estimate of drug-likeness (QED) is 0.374. The van der Waals surface area contributed by atoms with Gasteiger partial charge in [0.2, 0.25) is 0 Å². The van der Waals surface area contributed by atoms with E-state index in [9.17, 15) is 34.7 Å². The topological polar surface area (TPSA) is 169 Å². The second kappa shape index (κ2) is 9.16. The number of nitro benzene ring substituents is 1. The van der Waals surface area contributed by atoms with Crippen LogP contribution in [-0.2, 0) is 14.3 Å². The predicted molar refractivity (Wildman–Crippen MR) is 109 cm³/mol. The SMILES string of the molecule is CC1=NC(COC(=O)c2cccnc2)=C(C(=O)O)C(c2cccc([N+](=O)[O-])c2)C1C(=O)O. The first-order valence-corrected chi connectivity index (χ1v) is 9.26. The van der Waals surface area contributed by atoms with Crippen molar-refractivity contribution in [3.63, 3.8) is 0 Å². The summed E-state index contributed by atoms with van der Waals surface area (Å²) in [7, 11) is 0. The molecule has 2 unspecified atom stereocenters. The number of carboxylic acids is 2. The van der Waals surface area contributed by atoms with Crippen molar-refractivity contribution in [1.82, 2.24) is 4.98 Å². The van der Waals surface area contributed by atoms with Crippen LogP contribution in [-0.4, -0.2) is 50.3 Å². The third kappa shape index (κ3) is 4.51. The van der Waals surface area contributed by atoms with E-state index in [1.807, 2.05) is 0 Å². The molecule has 0 aliphatic carbocycles. The fourth-order valence-corrected chi connectivity index (χ4v) is 3.51. The third-order valence-electron chi connectivity index (χ3n) is 4.89. The molecule has 164 valence electrons. The molecule has 0 saturated carbocycles. The number of carboxylic acid groups (broad SMARTS) is 2. The number of carbonyl (C=O) groups is 3. The van der Waals surface area contributed by atoms with Crippen LogP contribution in [0.5, 0.6) is 0 Å². The Labute approximate surface area is 180 Å². The summed E-state index contributed by atoms with van der Waals surface area (Å²) in [5.74, 6) is -6.24. The van der Waals surface area contributed by atoms with E-state index in [-0.39, 0.29) is 28.2 Å². The summed E-state index contributed by atoms with van der Waals surface area (Å²) < 4.78 is 5.18. The van der Waals surface area contributed by atoms with Crippen molar-refractivity contribution in [3.05, 3.63) is 81.3 Å². The number of non-ortho nitro benzene ring substituents is 1. The number of rotatable bonds is 7. The minimum atomic E-state index is -1.48. The van der Waals surface area contributed by atoms with Gasteiger partial charge in [0.15, 0.2) is 0 Å². The summed E-state index contributed by atoms with van der Waals surface area (Å²) in [6.45, 7) is 0.870. The van der Waals surface area contributed by atoms with Crippen molar-refractivity contribution < 1.29 is 34.3 Å². The van der Waals surface area contributed by atoms with Gasteiger partial charge in [0.05, 0.1) is 21.8 Å². The molecule has 0 fully saturated rings. The molecule has 11 nitrogen and oxygen atoms in total. The minimum Gasteiger partial charge on any atom is -0.481 e. The molecule has 2 atom stereocenters. The molecule has 0 bridgehead atoms. The molecule has 3 rings (SSSR count). The number of aliphatic carboxylic acids is 2. The van der Waals surface area contributed by atoms with E-state index in [0.29, 0.717) is 0 Å². The smallest absolute Gasteiger partial charge is 0.340 e. The van der Waals surface area contributed by atoms with Gasteiger partial charge in [0.1, 0.15) is 12.5 Å². The summed E-state index contributed by atoms with van der Waals surface area (Å²) in [6.07, 6.45) is 2.74. The van der Waals surface area contributed by atoms with Gasteiger partial charge in [-0.1, -0.05) is 12.1 Å². The van der Waals surface area contributed by atoms with Gasteiger partial charge in [-0.05, 0) is 24.6 Å². The van der Waals surface area contributed by atoms with Crippen molar-refractivity contribution in [2.45, 2.75) is 12.8 Å². The van der Waals surface area contributed by atoms with Crippen LogP contribution in [0.25, 0.3) is 0 Å². The number of benzene rings is 1. The monoisotopic (exact) mass is 439 g/mol. The maximum atomic E-state index is 12.2. The molecule has 1 aliphatic rings. The molecule has 2 N–H and O–H groups in total. The molecule has 2 heterocycles. The van der Waals surface area contributed by atoms with E-state index >= 15 is 0 Å². The lowest BCUT2D eigenvalue weighted by Gasteiger charge is -2.30. The lowest BCUT2D eigenvalue weighted by atomic mass is 9.75. The molecule has 1 aromatic heterocycles. The van der Waals surface area contributed by atoms with Gasteiger partial charge in [0.25, 0.3) is 5.69 Å². The Balaban J connectivity index is 2.06. The zero-order valence-electron chi connectivity index (χ0n) is 16.7. The predicted octanol–water partition coefficient (Wildman–Crippen LogP) is 2.44. The lowest BCUT2D eigenvalue weighted by Crippen LogP contribution is -2.36. The van der Waals surface area contributed by atoms with Gasteiger partial charge in [-0.3, -0.25) is 24.9 Å². The molecule has 2 aromatic rings. The number of carbonyl (C=O) groups excluding carboxylic acids is 1. The van der Waals surface area contributed by atoms with E-state index in [1.54, 1.807) is 0 Å². The molecular formula is C21H17N3O8. The first-order valence-electron chi connectivity index (χ1n) is 9.26. The van der Waals surface area contributed by atoms with Gasteiger partial charge in [-0.15, -0.1) is 0 Å². The highest BCUT2D eigenvalue weighted by molar-refractivity contribution is 6.06. The van der Waals surface area contributed by atoms with E-state index in [2.05, 4.69) is 9.98 Å². The van der Waals surface area contributed by atoms with Crippen LogP contribution in [0.3, 0.4) is 0 Å². The van der Waals surface area contributed by atoms with Crippen LogP contribution in [0.1, 0.15) is 28.8 Å². The summed E-state index contributed by atoms with van der Waals surface area (Å²) in [5.41, 5.74) is -0.550. The second-order valence-electron chi connectivity index (χ2n) is 6.88. The molecule has 0 amide bonds. The van der Waals surface area contributed by atoms with Gasteiger partial charge >= 0.3 is 17.9 Å². The Morgan fingerprint density at radius 3 is 2.53 bits per heavy atom. The molecule has 0 spiro atoms. The van der Waals surface area contributed by atoms with Crippen molar-refractivity contribution in [1.29, 1.82) is 0 Å². The van der Waals surface area contributed by atoms with E-state index in [0.717, 1.165) is 6.07 Å². The normalized spacial score (nSPS) is 18.0. The number of ether oxygens (including phenoxy) is 1. The number of esters is 1. The molecule has 32 heavy (non-hydrogen) atoms. The van der Waals surface area contributed by atoms with E-state index < -0.39 is 46.8 Å². The minimum absolute atomic E-state index is 0.0754. The highest BCUT2D eigenvalue weighted by Crippen LogP contribution is 2.40. The Morgan fingerprint density at radius 1 is 1.19 bits per heavy atom. The number of pyridine rings is 1. The van der Waals surface area contributed by atoms with Crippen LogP contribution in [0.15, 0.2) is 65.1 Å². The molecular weight excluding hydrogens is 422 g/mol. The third-order valence-corrected chi connectivity index (χ3v) is 4.89. The Kier molecular flexibility index (Phi) is 6.38. The van der Waals surface area contributed by atoms with Crippen LogP contribution in [0.4, 0.5) is 5.69 Å². The number of nitro groups is 1. The average molecular weight is 439 g/mol. The lowest BCUT2D eigenvalue weighted by molar-refractivity contribution is -0.384. The Hall–Kier alpha value is -4.41. The van der Waals surface area contributed by atoms with Crippen molar-refractivity contribution in [2.75, 3.05) is 6.61 Å². The molecule has 11 heteroatoms. The first-order chi connectivity index (χ1) is 15.2. The van der Waals surface area contributed by atoms with Crippen molar-refractivity contribution >= 4 is 29.3 Å². The molecule has 1 aliphatic heterocycles. The largest absolute Gasteiger partial charge is 0.481 e. The standard InChI is InChI=1S/C21H17N3O8/c1-11-16(19(25)26)17(12-4-2-6-14(8-12)24(30)31)18(20(27)28)15(23-11)10-32-21(29)13-5-3-7-22-9-13/h2-9,16-17H,10H2,1H3,(H,25,26)(H,27,28). The van der Waals surface area contributed by atoms with Crippen LogP contribution < -0.4 is 0 Å². The Morgan fingerprint density at radius 2 is 1.94 bits per heavy atom. The van der Waals surface area contributed by atoms with Crippen molar-refractivity contribution in [3.8, 4) is 0 Å². The highest BCUT2D eigenvalue weighted by Gasteiger charge is 2.42. The zero-order valence-corrected chi connectivity index (χ0v) is 16.7. The summed E-state index contributed by atoms with van der Waals surface area (Å²) >= 11 is 0. The van der Waals surface area contributed by atoms with Crippen LogP contribution >= 0.6 is 0 Å². The highest BCUT2D eigenvalue weighted by atomic mass is 16.6. The number of hydrogen-bond acceptors (Lipinski definition) is 8. The molecule has 0 radical (unpaired) electrons.